The van der Waals surface area contributed by atoms with Crippen molar-refractivity contribution in [2.75, 3.05) is 0 Å². The first kappa shape index (κ1) is 9.31. The molecule has 0 aliphatic heterocycles. The largest absolute Gasteiger partial charge is 0.0958 e. The van der Waals surface area contributed by atoms with Gasteiger partial charge in [-0.15, -0.1) is 0 Å². The molecular formula is C12H18. The molecule has 1 aliphatic carbocycles. The van der Waals surface area contributed by atoms with E-state index in [1.165, 1.54) is 17.6 Å². The van der Waals surface area contributed by atoms with Crippen LogP contribution >= 0.6 is 0 Å². The Morgan fingerprint density at radius 1 is 1.42 bits per heavy atom. The first-order valence-electron chi connectivity index (χ1n) is 4.54. The minimum absolute atomic E-state index is 0.403. The van der Waals surface area contributed by atoms with E-state index in [1.807, 2.05) is 0 Å². The molecule has 0 aromatic carbocycles. The average molecular weight is 162 g/mol. The molecule has 0 aromatic rings. The fraction of sp³-hybridized carbons (Fsp3) is 0.500. The van der Waals surface area contributed by atoms with E-state index in [4.69, 9.17) is 0 Å². The zero-order valence-electron chi connectivity index (χ0n) is 8.35. The second kappa shape index (κ2) is 3.30. The zero-order valence-corrected chi connectivity index (χ0v) is 8.35. The molecule has 0 fully saturated rings. The molecule has 0 radical (unpaired) electrons. The Morgan fingerprint density at radius 3 is 2.58 bits per heavy atom. The zero-order chi connectivity index (χ0) is 9.19. The van der Waals surface area contributed by atoms with E-state index in [-0.39, 0.29) is 0 Å². The molecule has 0 saturated carbocycles. The lowest BCUT2D eigenvalue weighted by Crippen LogP contribution is -2.16. The monoisotopic (exact) mass is 162 g/mol. The van der Waals surface area contributed by atoms with Crippen molar-refractivity contribution in [2.24, 2.45) is 5.41 Å². The van der Waals surface area contributed by atoms with Crippen LogP contribution < -0.4 is 0 Å². The lowest BCUT2D eigenvalue weighted by Gasteiger charge is -2.29. The van der Waals surface area contributed by atoms with E-state index in [2.05, 4.69) is 45.6 Å². The highest BCUT2D eigenvalue weighted by Gasteiger charge is 2.23. The van der Waals surface area contributed by atoms with Gasteiger partial charge in [0, 0.05) is 0 Å². The van der Waals surface area contributed by atoms with Gasteiger partial charge < -0.3 is 0 Å². The minimum atomic E-state index is 0.403. The van der Waals surface area contributed by atoms with Gasteiger partial charge in [0.2, 0.25) is 0 Å². The van der Waals surface area contributed by atoms with Gasteiger partial charge in [0.15, 0.2) is 0 Å². The molecule has 66 valence electrons. The minimum Gasteiger partial charge on any atom is -0.0958 e. The van der Waals surface area contributed by atoms with E-state index in [0.717, 1.165) is 6.42 Å². The molecule has 0 aromatic heterocycles. The Labute approximate surface area is 75.7 Å². The quantitative estimate of drug-likeness (QED) is 0.549. The van der Waals surface area contributed by atoms with Crippen LogP contribution in [0.15, 0.2) is 36.0 Å². The van der Waals surface area contributed by atoms with Gasteiger partial charge in [-0.05, 0) is 30.8 Å². The van der Waals surface area contributed by atoms with Gasteiger partial charge in [-0.3, -0.25) is 0 Å². The molecular weight excluding hydrogens is 144 g/mol. The Hall–Kier alpha value is -0.780. The molecule has 0 saturated heterocycles. The van der Waals surface area contributed by atoms with Crippen molar-refractivity contribution in [1.29, 1.82) is 0 Å². The van der Waals surface area contributed by atoms with Gasteiger partial charge in [0.05, 0.1) is 0 Å². The van der Waals surface area contributed by atoms with Crippen LogP contribution in [0.3, 0.4) is 0 Å². The Morgan fingerprint density at radius 2 is 2.08 bits per heavy atom. The molecule has 0 spiro atoms. The van der Waals surface area contributed by atoms with Crippen molar-refractivity contribution < 1.29 is 0 Å². The van der Waals surface area contributed by atoms with Gasteiger partial charge in [0.25, 0.3) is 0 Å². The van der Waals surface area contributed by atoms with Crippen molar-refractivity contribution in [3.05, 3.63) is 36.0 Å². The van der Waals surface area contributed by atoms with Crippen LogP contribution in [0, 0.1) is 5.41 Å². The summed E-state index contributed by atoms with van der Waals surface area (Å²) in [5, 5.41) is 0. The number of allylic oxidation sites excluding steroid dienone is 5. The Balaban J connectivity index is 2.83. The number of hydrogen-bond donors (Lipinski definition) is 0. The van der Waals surface area contributed by atoms with Crippen LogP contribution in [0.1, 0.15) is 33.6 Å². The fourth-order valence-corrected chi connectivity index (χ4v) is 1.92. The van der Waals surface area contributed by atoms with E-state index >= 15 is 0 Å². The lowest BCUT2D eigenvalue weighted by atomic mass is 9.75. The highest BCUT2D eigenvalue weighted by molar-refractivity contribution is 5.33. The van der Waals surface area contributed by atoms with E-state index in [0.29, 0.717) is 5.41 Å². The molecule has 0 heteroatoms. The highest BCUT2D eigenvalue weighted by Crippen LogP contribution is 2.37. The topological polar surface area (TPSA) is 0 Å². The maximum absolute atomic E-state index is 4.03. The van der Waals surface area contributed by atoms with Gasteiger partial charge in [0.1, 0.15) is 0 Å². The third-order valence-electron chi connectivity index (χ3n) is 2.16. The number of hydrogen-bond acceptors (Lipinski definition) is 0. The van der Waals surface area contributed by atoms with E-state index in [9.17, 15) is 0 Å². The normalized spacial score (nSPS) is 22.9. The lowest BCUT2D eigenvalue weighted by molar-refractivity contribution is 0.355. The standard InChI is InChI=1S/C12H18/c1-5-6-11-7-10(2)8-12(3,4)9-11/h5-7H,2,8-9H2,1,3-4H3. The van der Waals surface area contributed by atoms with Crippen LogP contribution in [0.4, 0.5) is 0 Å². The number of rotatable bonds is 1. The fourth-order valence-electron chi connectivity index (χ4n) is 1.92. The molecule has 0 amide bonds. The average Bonchev–Trinajstić information content (AvgIpc) is 1.82. The third-order valence-corrected chi connectivity index (χ3v) is 2.16. The molecule has 12 heavy (non-hydrogen) atoms. The summed E-state index contributed by atoms with van der Waals surface area (Å²) in [4.78, 5) is 0. The predicted molar refractivity (Wildman–Crippen MR) is 55.1 cm³/mol. The van der Waals surface area contributed by atoms with Gasteiger partial charge in [-0.25, -0.2) is 0 Å². The highest BCUT2D eigenvalue weighted by atomic mass is 14.3. The van der Waals surface area contributed by atoms with Gasteiger partial charge in [-0.1, -0.05) is 44.2 Å². The van der Waals surface area contributed by atoms with Crippen molar-refractivity contribution in [2.45, 2.75) is 33.6 Å². The summed E-state index contributed by atoms with van der Waals surface area (Å²) in [6.45, 7) is 10.7. The van der Waals surface area contributed by atoms with Gasteiger partial charge in [-0.2, -0.15) is 0 Å². The molecule has 0 atom stereocenters. The van der Waals surface area contributed by atoms with E-state index < -0.39 is 0 Å². The molecule has 0 nitrogen and oxygen atoms in total. The van der Waals surface area contributed by atoms with Crippen LogP contribution in [0.5, 0.6) is 0 Å². The van der Waals surface area contributed by atoms with Gasteiger partial charge >= 0.3 is 0 Å². The van der Waals surface area contributed by atoms with Crippen LogP contribution in [0.2, 0.25) is 0 Å². The SMILES string of the molecule is C=C1C=C(C=CC)CC(C)(C)C1. The van der Waals surface area contributed by atoms with Crippen LogP contribution in [-0.4, -0.2) is 0 Å². The molecule has 0 bridgehead atoms. The predicted octanol–water partition coefficient (Wildman–Crippen LogP) is 3.87. The second-order valence-corrected chi connectivity index (χ2v) is 4.40. The van der Waals surface area contributed by atoms with Crippen molar-refractivity contribution in [3.8, 4) is 0 Å². The molecule has 0 unspecified atom stereocenters. The molecule has 1 rings (SSSR count). The van der Waals surface area contributed by atoms with Crippen molar-refractivity contribution in [3.63, 3.8) is 0 Å². The maximum atomic E-state index is 4.03. The first-order valence-corrected chi connectivity index (χ1v) is 4.54. The summed E-state index contributed by atoms with van der Waals surface area (Å²) in [6, 6.07) is 0. The summed E-state index contributed by atoms with van der Waals surface area (Å²) in [5.74, 6) is 0. The van der Waals surface area contributed by atoms with Crippen LogP contribution in [-0.2, 0) is 0 Å². The van der Waals surface area contributed by atoms with Crippen molar-refractivity contribution in [1.82, 2.24) is 0 Å². The molecule has 1 aliphatic rings. The van der Waals surface area contributed by atoms with Crippen LogP contribution in [0.25, 0.3) is 0 Å². The molecule has 0 N–H and O–H groups in total. The summed E-state index contributed by atoms with van der Waals surface area (Å²) in [5.41, 5.74) is 3.08. The second-order valence-electron chi connectivity index (χ2n) is 4.40. The summed E-state index contributed by atoms with van der Waals surface area (Å²) >= 11 is 0. The first-order chi connectivity index (χ1) is 5.53. The van der Waals surface area contributed by atoms with Crippen molar-refractivity contribution >= 4 is 0 Å². The third kappa shape index (κ3) is 2.37. The Bertz CT molecular complexity index is 239. The summed E-state index contributed by atoms with van der Waals surface area (Å²) in [6.07, 6.45) is 8.81. The van der Waals surface area contributed by atoms with E-state index in [1.54, 1.807) is 0 Å². The summed E-state index contributed by atoms with van der Waals surface area (Å²) < 4.78 is 0. The smallest absolute Gasteiger partial charge is 0.0224 e. The maximum Gasteiger partial charge on any atom is -0.0224 e. The summed E-state index contributed by atoms with van der Waals surface area (Å²) in [7, 11) is 0. The molecule has 0 heterocycles. The Kier molecular flexibility index (Phi) is 2.56.